The van der Waals surface area contributed by atoms with Crippen LogP contribution in [0.4, 0.5) is 0 Å². The van der Waals surface area contributed by atoms with Crippen LogP contribution in [0.5, 0.6) is 11.5 Å². The Morgan fingerprint density at radius 2 is 2.05 bits per heavy atom. The van der Waals surface area contributed by atoms with E-state index >= 15 is 0 Å². The Bertz CT molecular complexity index is 559. The number of aromatic hydroxyl groups is 2. The number of fused-ring (bicyclic) bond motifs is 2. The van der Waals surface area contributed by atoms with E-state index in [1.54, 1.807) is 12.1 Å². The SMILES string of the molecule is COC(=O)C1C2CCC(C[C@@H]1c1ccc(O)c(O)c1)N2C. The van der Waals surface area contributed by atoms with Crippen LogP contribution in [0.3, 0.4) is 0 Å². The van der Waals surface area contributed by atoms with E-state index in [9.17, 15) is 15.0 Å². The second-order valence-corrected chi connectivity index (χ2v) is 6.10. The Kier molecular flexibility index (Phi) is 3.53. The average Bonchev–Trinajstić information content (AvgIpc) is 2.72. The highest BCUT2D eigenvalue weighted by Crippen LogP contribution is 2.47. The summed E-state index contributed by atoms with van der Waals surface area (Å²) in [6.45, 7) is 0. The van der Waals surface area contributed by atoms with E-state index in [0.29, 0.717) is 6.04 Å². The van der Waals surface area contributed by atoms with Crippen molar-refractivity contribution >= 4 is 5.97 Å². The topological polar surface area (TPSA) is 70.0 Å². The van der Waals surface area contributed by atoms with Gasteiger partial charge < -0.3 is 14.9 Å². The lowest BCUT2D eigenvalue weighted by molar-refractivity contribution is -0.150. The molecule has 0 radical (unpaired) electrons. The zero-order valence-electron chi connectivity index (χ0n) is 12.3. The lowest BCUT2D eigenvalue weighted by Gasteiger charge is -2.41. The number of phenols is 2. The van der Waals surface area contributed by atoms with Gasteiger partial charge in [-0.25, -0.2) is 0 Å². The molecule has 5 heteroatoms. The number of ether oxygens (including phenoxy) is 1. The summed E-state index contributed by atoms with van der Waals surface area (Å²) in [4.78, 5) is 14.6. The first-order chi connectivity index (χ1) is 10.0. The van der Waals surface area contributed by atoms with E-state index in [1.165, 1.54) is 13.2 Å². The number of esters is 1. The fourth-order valence-corrected chi connectivity index (χ4v) is 4.04. The van der Waals surface area contributed by atoms with Crippen LogP contribution in [-0.4, -0.2) is 47.3 Å². The first-order valence-electron chi connectivity index (χ1n) is 7.34. The fourth-order valence-electron chi connectivity index (χ4n) is 4.04. The highest BCUT2D eigenvalue weighted by molar-refractivity contribution is 5.75. The van der Waals surface area contributed by atoms with Crippen LogP contribution < -0.4 is 0 Å². The molecule has 2 saturated heterocycles. The van der Waals surface area contributed by atoms with E-state index in [1.807, 2.05) is 0 Å². The number of piperidine rings is 1. The molecular weight excluding hydrogens is 270 g/mol. The molecule has 2 bridgehead atoms. The molecule has 1 aromatic carbocycles. The molecule has 2 N–H and O–H groups in total. The lowest BCUT2D eigenvalue weighted by atomic mass is 9.76. The first-order valence-corrected chi connectivity index (χ1v) is 7.34. The molecule has 5 nitrogen and oxygen atoms in total. The molecule has 1 aromatic rings. The minimum atomic E-state index is -0.220. The summed E-state index contributed by atoms with van der Waals surface area (Å²) in [6.07, 6.45) is 2.97. The Morgan fingerprint density at radius 3 is 2.71 bits per heavy atom. The zero-order chi connectivity index (χ0) is 15.1. The second kappa shape index (κ2) is 5.22. The smallest absolute Gasteiger partial charge is 0.310 e. The fraction of sp³-hybridized carbons (Fsp3) is 0.562. The van der Waals surface area contributed by atoms with Crippen LogP contribution in [0.1, 0.15) is 30.7 Å². The van der Waals surface area contributed by atoms with Gasteiger partial charge in [0.25, 0.3) is 0 Å². The van der Waals surface area contributed by atoms with Crippen LogP contribution in [0.2, 0.25) is 0 Å². The third-order valence-corrected chi connectivity index (χ3v) is 5.17. The highest BCUT2D eigenvalue weighted by Gasteiger charge is 2.49. The number of phenolic OH excluding ortho intramolecular Hbond substituents is 2. The van der Waals surface area contributed by atoms with E-state index in [-0.39, 0.29) is 35.3 Å². The van der Waals surface area contributed by atoms with E-state index in [2.05, 4.69) is 11.9 Å². The summed E-state index contributed by atoms with van der Waals surface area (Å²) in [5.74, 6) is -0.656. The summed E-state index contributed by atoms with van der Waals surface area (Å²) >= 11 is 0. The maximum absolute atomic E-state index is 12.3. The molecule has 2 fully saturated rings. The van der Waals surface area contributed by atoms with Crippen LogP contribution >= 0.6 is 0 Å². The van der Waals surface area contributed by atoms with Gasteiger partial charge in [0, 0.05) is 18.0 Å². The molecule has 0 amide bonds. The molecule has 3 rings (SSSR count). The molecule has 2 aliphatic rings. The minimum absolute atomic E-state index is 0.0256. The summed E-state index contributed by atoms with van der Waals surface area (Å²) in [5, 5.41) is 19.2. The van der Waals surface area contributed by atoms with Crippen molar-refractivity contribution in [1.29, 1.82) is 0 Å². The summed E-state index contributed by atoms with van der Waals surface area (Å²) in [5.41, 5.74) is 0.894. The van der Waals surface area contributed by atoms with Crippen molar-refractivity contribution in [3.05, 3.63) is 23.8 Å². The van der Waals surface area contributed by atoms with Gasteiger partial charge in [0.1, 0.15) is 0 Å². The van der Waals surface area contributed by atoms with Gasteiger partial charge in [-0.3, -0.25) is 9.69 Å². The number of carbonyl (C=O) groups is 1. The number of benzene rings is 1. The molecular formula is C16H21NO4. The Labute approximate surface area is 124 Å². The summed E-state index contributed by atoms with van der Waals surface area (Å²) in [6, 6.07) is 5.51. The lowest BCUT2D eigenvalue weighted by Crippen LogP contribution is -2.49. The number of carbonyl (C=O) groups excluding carboxylic acids is 1. The maximum atomic E-state index is 12.3. The van der Waals surface area contributed by atoms with Crippen molar-refractivity contribution in [2.45, 2.75) is 37.3 Å². The number of methoxy groups -OCH3 is 1. The standard InChI is InChI=1S/C16H21NO4/c1-17-10-4-5-12(17)15(16(20)21-2)11(8-10)9-3-6-13(18)14(19)7-9/h3,6-7,10-12,15,18-19H,4-5,8H2,1-2H3/t10?,11-,12?,15?/m1/s1. The maximum Gasteiger partial charge on any atom is 0.310 e. The number of nitrogens with zero attached hydrogens (tertiary/aromatic N) is 1. The Balaban J connectivity index is 1.98. The monoisotopic (exact) mass is 291 g/mol. The van der Waals surface area contributed by atoms with Crippen molar-refractivity contribution in [1.82, 2.24) is 4.90 Å². The van der Waals surface area contributed by atoms with Crippen molar-refractivity contribution in [2.75, 3.05) is 14.2 Å². The quantitative estimate of drug-likeness (QED) is 0.642. The third-order valence-electron chi connectivity index (χ3n) is 5.17. The van der Waals surface area contributed by atoms with Gasteiger partial charge in [-0.15, -0.1) is 0 Å². The van der Waals surface area contributed by atoms with Crippen LogP contribution in [0.25, 0.3) is 0 Å². The van der Waals surface area contributed by atoms with Gasteiger partial charge in [-0.05, 0) is 44.0 Å². The van der Waals surface area contributed by atoms with Crippen molar-refractivity contribution < 1.29 is 19.7 Å². The number of hydrogen-bond donors (Lipinski definition) is 2. The predicted molar refractivity (Wildman–Crippen MR) is 77.2 cm³/mol. The molecule has 2 aliphatic heterocycles. The van der Waals surface area contributed by atoms with E-state index in [4.69, 9.17) is 4.74 Å². The van der Waals surface area contributed by atoms with Gasteiger partial charge in [-0.1, -0.05) is 6.07 Å². The largest absolute Gasteiger partial charge is 0.504 e. The molecule has 4 atom stereocenters. The van der Waals surface area contributed by atoms with Gasteiger partial charge in [-0.2, -0.15) is 0 Å². The number of hydrogen-bond acceptors (Lipinski definition) is 5. The van der Waals surface area contributed by atoms with Crippen molar-refractivity contribution in [3.8, 4) is 11.5 Å². The molecule has 0 spiro atoms. The predicted octanol–water partition coefficient (Wildman–Crippen LogP) is 1.84. The van der Waals surface area contributed by atoms with Crippen LogP contribution in [-0.2, 0) is 9.53 Å². The summed E-state index contributed by atoms with van der Waals surface area (Å²) in [7, 11) is 3.50. The second-order valence-electron chi connectivity index (χ2n) is 6.10. The van der Waals surface area contributed by atoms with Crippen molar-refractivity contribution in [2.24, 2.45) is 5.92 Å². The minimum Gasteiger partial charge on any atom is -0.504 e. The molecule has 3 unspecified atom stereocenters. The Hall–Kier alpha value is -1.75. The summed E-state index contributed by atoms with van der Waals surface area (Å²) < 4.78 is 5.02. The van der Waals surface area contributed by atoms with E-state index < -0.39 is 0 Å². The molecule has 2 heterocycles. The Morgan fingerprint density at radius 1 is 1.29 bits per heavy atom. The normalized spacial score (nSPS) is 32.1. The van der Waals surface area contributed by atoms with Gasteiger partial charge in [0.05, 0.1) is 13.0 Å². The molecule has 0 saturated carbocycles. The number of rotatable bonds is 2. The van der Waals surface area contributed by atoms with Crippen LogP contribution in [0.15, 0.2) is 18.2 Å². The van der Waals surface area contributed by atoms with E-state index in [0.717, 1.165) is 24.8 Å². The third kappa shape index (κ3) is 2.25. The van der Waals surface area contributed by atoms with Gasteiger partial charge >= 0.3 is 5.97 Å². The van der Waals surface area contributed by atoms with Gasteiger partial charge in [0.2, 0.25) is 0 Å². The molecule has 0 aromatic heterocycles. The van der Waals surface area contributed by atoms with Crippen LogP contribution in [0, 0.1) is 5.92 Å². The highest BCUT2D eigenvalue weighted by atomic mass is 16.5. The first kappa shape index (κ1) is 14.2. The molecule has 0 aliphatic carbocycles. The van der Waals surface area contributed by atoms with Crippen molar-refractivity contribution in [3.63, 3.8) is 0 Å². The zero-order valence-corrected chi connectivity index (χ0v) is 12.3. The average molecular weight is 291 g/mol. The van der Waals surface area contributed by atoms with Gasteiger partial charge in [0.15, 0.2) is 11.5 Å². The molecule has 114 valence electrons. The molecule has 21 heavy (non-hydrogen) atoms.